The molecule has 1 heterocycles. The van der Waals surface area contributed by atoms with Crippen molar-refractivity contribution >= 4 is 5.82 Å². The van der Waals surface area contributed by atoms with E-state index in [2.05, 4.69) is 39.6 Å². The lowest BCUT2D eigenvalue weighted by Gasteiger charge is -2.23. The molecule has 0 radical (unpaired) electrons. The van der Waals surface area contributed by atoms with Gasteiger partial charge in [0.1, 0.15) is 5.82 Å². The van der Waals surface area contributed by atoms with Gasteiger partial charge in [0.2, 0.25) is 0 Å². The SMILES string of the molecule is CC(C)c1ncc(C(C)(C)C)nc1N(C)C. The maximum absolute atomic E-state index is 4.73. The molecular formula is C13H23N3. The van der Waals surface area contributed by atoms with E-state index in [1.165, 1.54) is 0 Å². The van der Waals surface area contributed by atoms with E-state index in [0.29, 0.717) is 5.92 Å². The highest BCUT2D eigenvalue weighted by molar-refractivity contribution is 5.44. The van der Waals surface area contributed by atoms with E-state index in [1.807, 2.05) is 25.2 Å². The fourth-order valence-corrected chi connectivity index (χ4v) is 1.49. The first-order valence-corrected chi connectivity index (χ1v) is 5.78. The molecule has 16 heavy (non-hydrogen) atoms. The Labute approximate surface area is 98.9 Å². The van der Waals surface area contributed by atoms with Crippen LogP contribution < -0.4 is 4.90 Å². The van der Waals surface area contributed by atoms with Gasteiger partial charge in [-0.3, -0.25) is 4.98 Å². The number of hydrogen-bond acceptors (Lipinski definition) is 3. The summed E-state index contributed by atoms with van der Waals surface area (Å²) in [6.07, 6.45) is 1.91. The van der Waals surface area contributed by atoms with Crippen molar-refractivity contribution in [3.05, 3.63) is 17.6 Å². The summed E-state index contributed by atoms with van der Waals surface area (Å²) in [6, 6.07) is 0. The average Bonchev–Trinajstić information content (AvgIpc) is 2.15. The summed E-state index contributed by atoms with van der Waals surface area (Å²) in [7, 11) is 4.03. The van der Waals surface area contributed by atoms with E-state index in [1.54, 1.807) is 0 Å². The van der Waals surface area contributed by atoms with Crippen LogP contribution in [0, 0.1) is 0 Å². The second-order valence-electron chi connectivity index (χ2n) is 5.76. The Hall–Kier alpha value is -1.12. The van der Waals surface area contributed by atoms with E-state index < -0.39 is 0 Å². The van der Waals surface area contributed by atoms with Crippen molar-refractivity contribution in [2.24, 2.45) is 0 Å². The summed E-state index contributed by atoms with van der Waals surface area (Å²) in [4.78, 5) is 11.3. The van der Waals surface area contributed by atoms with E-state index >= 15 is 0 Å². The van der Waals surface area contributed by atoms with Crippen molar-refractivity contribution < 1.29 is 0 Å². The molecule has 0 saturated carbocycles. The van der Waals surface area contributed by atoms with Crippen LogP contribution in [0.4, 0.5) is 5.82 Å². The van der Waals surface area contributed by atoms with E-state index in [4.69, 9.17) is 4.98 Å². The molecule has 1 aromatic heterocycles. The second kappa shape index (κ2) is 4.40. The van der Waals surface area contributed by atoms with E-state index in [0.717, 1.165) is 17.2 Å². The summed E-state index contributed by atoms with van der Waals surface area (Å²) in [5, 5.41) is 0. The molecule has 0 unspecified atom stereocenters. The Kier molecular flexibility index (Phi) is 3.56. The summed E-state index contributed by atoms with van der Waals surface area (Å²) in [5.74, 6) is 1.39. The molecule has 0 bridgehead atoms. The third kappa shape index (κ3) is 2.71. The van der Waals surface area contributed by atoms with Crippen LogP contribution in [0.25, 0.3) is 0 Å². The molecule has 0 saturated heterocycles. The standard InChI is InChI=1S/C13H23N3/c1-9(2)11-12(16(6)7)15-10(8-14-11)13(3,4)5/h8-9H,1-7H3. The maximum Gasteiger partial charge on any atom is 0.150 e. The number of anilines is 1. The summed E-state index contributed by atoms with van der Waals surface area (Å²) in [5.41, 5.74) is 2.16. The van der Waals surface area contributed by atoms with Crippen LogP contribution in [0.2, 0.25) is 0 Å². The fraction of sp³-hybridized carbons (Fsp3) is 0.692. The van der Waals surface area contributed by atoms with Gasteiger partial charge in [-0.15, -0.1) is 0 Å². The Morgan fingerprint density at radius 2 is 1.75 bits per heavy atom. The van der Waals surface area contributed by atoms with Crippen molar-refractivity contribution in [3.8, 4) is 0 Å². The number of rotatable bonds is 2. The normalized spacial score (nSPS) is 12.0. The summed E-state index contributed by atoms with van der Waals surface area (Å²) < 4.78 is 0. The van der Waals surface area contributed by atoms with Crippen molar-refractivity contribution in [3.63, 3.8) is 0 Å². The largest absolute Gasteiger partial charge is 0.361 e. The van der Waals surface area contributed by atoms with Gasteiger partial charge in [0, 0.05) is 25.7 Å². The van der Waals surface area contributed by atoms with Crippen molar-refractivity contribution in [2.75, 3.05) is 19.0 Å². The lowest BCUT2D eigenvalue weighted by Crippen LogP contribution is -2.20. The topological polar surface area (TPSA) is 29.0 Å². The van der Waals surface area contributed by atoms with Crippen LogP contribution in [-0.2, 0) is 5.41 Å². The predicted molar refractivity (Wildman–Crippen MR) is 69.1 cm³/mol. The van der Waals surface area contributed by atoms with Gasteiger partial charge in [-0.25, -0.2) is 4.98 Å². The average molecular weight is 221 g/mol. The molecule has 0 aliphatic heterocycles. The van der Waals surface area contributed by atoms with Crippen LogP contribution in [0.15, 0.2) is 6.20 Å². The van der Waals surface area contributed by atoms with Crippen LogP contribution >= 0.6 is 0 Å². The quantitative estimate of drug-likeness (QED) is 0.769. The maximum atomic E-state index is 4.73. The number of hydrogen-bond donors (Lipinski definition) is 0. The molecule has 0 aromatic carbocycles. The molecule has 0 aliphatic carbocycles. The van der Waals surface area contributed by atoms with Gasteiger partial charge < -0.3 is 4.90 Å². The van der Waals surface area contributed by atoms with Crippen LogP contribution in [0.3, 0.4) is 0 Å². The zero-order chi connectivity index (χ0) is 12.5. The van der Waals surface area contributed by atoms with E-state index in [9.17, 15) is 0 Å². The Morgan fingerprint density at radius 1 is 1.19 bits per heavy atom. The summed E-state index contributed by atoms with van der Waals surface area (Å²) in [6.45, 7) is 10.8. The molecule has 0 aliphatic rings. The zero-order valence-electron chi connectivity index (χ0n) is 11.5. The third-order valence-corrected chi connectivity index (χ3v) is 2.52. The first-order valence-electron chi connectivity index (χ1n) is 5.78. The minimum Gasteiger partial charge on any atom is -0.361 e. The van der Waals surface area contributed by atoms with Gasteiger partial charge in [0.25, 0.3) is 0 Å². The van der Waals surface area contributed by atoms with Gasteiger partial charge in [-0.05, 0) is 5.92 Å². The molecule has 0 amide bonds. The monoisotopic (exact) mass is 221 g/mol. The Balaban J connectivity index is 3.29. The number of nitrogens with zero attached hydrogens (tertiary/aromatic N) is 3. The van der Waals surface area contributed by atoms with Gasteiger partial charge >= 0.3 is 0 Å². The zero-order valence-corrected chi connectivity index (χ0v) is 11.5. The fourth-order valence-electron chi connectivity index (χ4n) is 1.49. The van der Waals surface area contributed by atoms with Gasteiger partial charge in [-0.1, -0.05) is 34.6 Å². The smallest absolute Gasteiger partial charge is 0.150 e. The first kappa shape index (κ1) is 12.9. The minimum atomic E-state index is 0.0489. The Bertz CT molecular complexity index is 362. The number of aromatic nitrogens is 2. The lowest BCUT2D eigenvalue weighted by atomic mass is 9.92. The van der Waals surface area contributed by atoms with Gasteiger partial charge in [-0.2, -0.15) is 0 Å². The molecule has 0 atom stereocenters. The summed E-state index contributed by atoms with van der Waals surface area (Å²) >= 11 is 0. The van der Waals surface area contributed by atoms with Crippen molar-refractivity contribution in [1.29, 1.82) is 0 Å². The van der Waals surface area contributed by atoms with Gasteiger partial charge in [0.15, 0.2) is 0 Å². The molecule has 0 fully saturated rings. The minimum absolute atomic E-state index is 0.0489. The van der Waals surface area contributed by atoms with E-state index in [-0.39, 0.29) is 5.41 Å². The highest BCUT2D eigenvalue weighted by atomic mass is 15.2. The van der Waals surface area contributed by atoms with Crippen molar-refractivity contribution in [1.82, 2.24) is 9.97 Å². The highest BCUT2D eigenvalue weighted by Crippen LogP contribution is 2.26. The second-order valence-corrected chi connectivity index (χ2v) is 5.76. The predicted octanol–water partition coefficient (Wildman–Crippen LogP) is 2.96. The molecule has 3 heteroatoms. The molecular weight excluding hydrogens is 198 g/mol. The first-order chi connectivity index (χ1) is 7.23. The molecule has 0 spiro atoms. The third-order valence-electron chi connectivity index (χ3n) is 2.52. The van der Waals surface area contributed by atoms with Crippen LogP contribution in [-0.4, -0.2) is 24.1 Å². The molecule has 1 aromatic rings. The molecule has 3 nitrogen and oxygen atoms in total. The lowest BCUT2D eigenvalue weighted by molar-refractivity contribution is 0.562. The van der Waals surface area contributed by atoms with Crippen LogP contribution in [0.5, 0.6) is 0 Å². The Morgan fingerprint density at radius 3 is 2.12 bits per heavy atom. The van der Waals surface area contributed by atoms with Gasteiger partial charge in [0.05, 0.1) is 11.4 Å². The van der Waals surface area contributed by atoms with Crippen molar-refractivity contribution in [2.45, 2.75) is 46.0 Å². The molecule has 0 N–H and O–H groups in total. The van der Waals surface area contributed by atoms with Crippen LogP contribution in [0.1, 0.15) is 51.9 Å². The molecule has 90 valence electrons. The highest BCUT2D eigenvalue weighted by Gasteiger charge is 2.20. The molecule has 1 rings (SSSR count).